The Morgan fingerprint density at radius 3 is 2.78 bits per heavy atom. The number of rotatable bonds is 3. The molecular weight excluding hydrogens is 422 g/mol. The van der Waals surface area contributed by atoms with Crippen LogP contribution in [-0.2, 0) is 11.2 Å². The van der Waals surface area contributed by atoms with Gasteiger partial charge in [0.25, 0.3) is 0 Å². The van der Waals surface area contributed by atoms with Crippen molar-refractivity contribution in [3.05, 3.63) is 80.8 Å². The molecule has 2 atom stereocenters. The van der Waals surface area contributed by atoms with Crippen LogP contribution in [0.1, 0.15) is 35.1 Å². The van der Waals surface area contributed by atoms with Crippen molar-refractivity contribution in [2.45, 2.75) is 19.3 Å². The fraction of sp³-hybridized carbons (Fsp3) is 0.190. The van der Waals surface area contributed by atoms with E-state index in [2.05, 4.69) is 32.3 Å². The molecule has 1 amide bonds. The van der Waals surface area contributed by atoms with E-state index in [1.54, 1.807) is 6.20 Å². The number of aromatic nitrogens is 1. The van der Waals surface area contributed by atoms with E-state index < -0.39 is 5.41 Å². The van der Waals surface area contributed by atoms with E-state index in [1.165, 1.54) is 11.3 Å². The summed E-state index contributed by atoms with van der Waals surface area (Å²) in [6, 6.07) is 16.0. The SMILES string of the molecule is C[C@@]1(C(=O)Nc2nccs2)Cc2ccc(C#N)cc2[C@@H]1c1ccc(Br)cc1. The lowest BCUT2D eigenvalue weighted by Crippen LogP contribution is -2.37. The summed E-state index contributed by atoms with van der Waals surface area (Å²) in [6.07, 6.45) is 2.30. The minimum Gasteiger partial charge on any atom is -0.301 e. The number of thiazole rings is 1. The number of carbonyl (C=O) groups is 1. The molecule has 3 aromatic rings. The second-order valence-electron chi connectivity index (χ2n) is 6.90. The van der Waals surface area contributed by atoms with Crippen LogP contribution < -0.4 is 5.32 Å². The van der Waals surface area contributed by atoms with Crippen LogP contribution in [0.3, 0.4) is 0 Å². The van der Waals surface area contributed by atoms with Gasteiger partial charge in [-0.25, -0.2) is 4.98 Å². The van der Waals surface area contributed by atoms with E-state index in [0.29, 0.717) is 17.1 Å². The average Bonchev–Trinajstić information content (AvgIpc) is 3.27. The monoisotopic (exact) mass is 437 g/mol. The van der Waals surface area contributed by atoms with Crippen LogP contribution in [0.2, 0.25) is 0 Å². The molecule has 1 aromatic heterocycles. The lowest BCUT2D eigenvalue weighted by Gasteiger charge is -2.31. The maximum absolute atomic E-state index is 13.3. The van der Waals surface area contributed by atoms with Gasteiger partial charge in [-0.15, -0.1) is 11.3 Å². The van der Waals surface area contributed by atoms with Crippen LogP contribution in [0, 0.1) is 16.7 Å². The third-order valence-corrected chi connectivity index (χ3v) is 6.37. The number of carbonyl (C=O) groups excluding carboxylic acids is 1. The minimum atomic E-state index is -0.671. The van der Waals surface area contributed by atoms with Gasteiger partial charge in [0.15, 0.2) is 5.13 Å². The van der Waals surface area contributed by atoms with Crippen molar-refractivity contribution in [3.63, 3.8) is 0 Å². The van der Waals surface area contributed by atoms with Crippen LogP contribution in [0.4, 0.5) is 5.13 Å². The number of halogens is 1. The van der Waals surface area contributed by atoms with Crippen molar-refractivity contribution < 1.29 is 4.79 Å². The molecule has 0 bridgehead atoms. The maximum Gasteiger partial charge on any atom is 0.233 e. The second kappa shape index (κ2) is 6.91. The Bertz CT molecular complexity index is 1040. The first kappa shape index (κ1) is 17.9. The normalized spacial score (nSPS) is 20.7. The predicted molar refractivity (Wildman–Crippen MR) is 110 cm³/mol. The number of anilines is 1. The lowest BCUT2D eigenvalue weighted by molar-refractivity contribution is -0.125. The van der Waals surface area contributed by atoms with E-state index in [4.69, 9.17) is 0 Å². The molecule has 134 valence electrons. The largest absolute Gasteiger partial charge is 0.301 e. The number of benzene rings is 2. The van der Waals surface area contributed by atoms with Crippen LogP contribution in [0.15, 0.2) is 58.5 Å². The standard InChI is InChI=1S/C21H16BrN3OS/c1-21(19(26)25-20-24-8-9-27-20)11-15-3-2-13(12-23)10-17(15)18(21)14-4-6-16(22)7-5-14/h2-10,18H,11H2,1H3,(H,24,25,26)/t18-,21+/m0/s1. The number of nitrogens with one attached hydrogen (secondary N) is 1. The highest BCUT2D eigenvalue weighted by Crippen LogP contribution is 2.51. The van der Waals surface area contributed by atoms with Crippen LogP contribution in [0.5, 0.6) is 0 Å². The molecule has 0 saturated heterocycles. The number of nitrogens with zero attached hydrogens (tertiary/aromatic N) is 2. The fourth-order valence-corrected chi connectivity index (χ4v) is 4.66. The van der Waals surface area contributed by atoms with E-state index in [0.717, 1.165) is 21.2 Å². The molecule has 1 heterocycles. The van der Waals surface area contributed by atoms with Crippen molar-refractivity contribution in [1.82, 2.24) is 4.98 Å². The zero-order valence-corrected chi connectivity index (χ0v) is 17.0. The van der Waals surface area contributed by atoms with Crippen LogP contribution >= 0.6 is 27.3 Å². The summed E-state index contributed by atoms with van der Waals surface area (Å²) in [5, 5.41) is 14.7. The molecule has 2 aromatic carbocycles. The first-order valence-electron chi connectivity index (χ1n) is 8.50. The van der Waals surface area contributed by atoms with Gasteiger partial charge in [0.2, 0.25) is 5.91 Å². The first-order chi connectivity index (χ1) is 13.0. The Labute approximate surface area is 170 Å². The van der Waals surface area contributed by atoms with Crippen molar-refractivity contribution in [2.75, 3.05) is 5.32 Å². The molecule has 0 saturated carbocycles. The molecule has 0 spiro atoms. The molecule has 4 rings (SSSR count). The molecule has 4 nitrogen and oxygen atoms in total. The zero-order valence-electron chi connectivity index (χ0n) is 14.6. The molecule has 27 heavy (non-hydrogen) atoms. The van der Waals surface area contributed by atoms with Gasteiger partial charge in [-0.3, -0.25) is 4.79 Å². The Balaban J connectivity index is 1.81. The summed E-state index contributed by atoms with van der Waals surface area (Å²) in [4.78, 5) is 17.5. The van der Waals surface area contributed by atoms with E-state index in [9.17, 15) is 10.1 Å². The highest BCUT2D eigenvalue weighted by Gasteiger charge is 2.49. The molecular formula is C21H16BrN3OS. The van der Waals surface area contributed by atoms with E-state index in [-0.39, 0.29) is 11.8 Å². The summed E-state index contributed by atoms with van der Waals surface area (Å²) in [7, 11) is 0. The summed E-state index contributed by atoms with van der Waals surface area (Å²) in [6.45, 7) is 1.99. The second-order valence-corrected chi connectivity index (χ2v) is 8.71. The smallest absolute Gasteiger partial charge is 0.233 e. The summed E-state index contributed by atoms with van der Waals surface area (Å²) in [5.74, 6) is -0.186. The van der Waals surface area contributed by atoms with Gasteiger partial charge in [-0.1, -0.05) is 34.1 Å². The predicted octanol–water partition coefficient (Wildman–Crippen LogP) is 5.11. The van der Waals surface area contributed by atoms with E-state index >= 15 is 0 Å². The molecule has 0 fully saturated rings. The Morgan fingerprint density at radius 1 is 1.33 bits per heavy atom. The van der Waals surface area contributed by atoms with Crippen molar-refractivity contribution >= 4 is 38.3 Å². The zero-order chi connectivity index (χ0) is 19.0. The number of amides is 1. The molecule has 0 aliphatic heterocycles. The minimum absolute atomic E-state index is 0.0555. The Morgan fingerprint density at radius 2 is 2.11 bits per heavy atom. The Hall–Kier alpha value is -2.49. The molecule has 1 N–H and O–H groups in total. The highest BCUT2D eigenvalue weighted by atomic mass is 79.9. The van der Waals surface area contributed by atoms with Gasteiger partial charge in [0.05, 0.1) is 17.0 Å². The lowest BCUT2D eigenvalue weighted by atomic mass is 9.73. The maximum atomic E-state index is 13.3. The molecule has 1 aliphatic carbocycles. The number of nitriles is 1. The van der Waals surface area contributed by atoms with Gasteiger partial charge in [-0.05, 0) is 54.3 Å². The van der Waals surface area contributed by atoms with Gasteiger partial charge in [0.1, 0.15) is 0 Å². The van der Waals surface area contributed by atoms with Gasteiger partial charge < -0.3 is 5.32 Å². The molecule has 0 unspecified atom stereocenters. The number of fused-ring (bicyclic) bond motifs is 1. The van der Waals surface area contributed by atoms with Crippen molar-refractivity contribution in [3.8, 4) is 6.07 Å². The van der Waals surface area contributed by atoms with Crippen LogP contribution in [0.25, 0.3) is 0 Å². The third-order valence-electron chi connectivity index (χ3n) is 5.16. The average molecular weight is 438 g/mol. The van der Waals surface area contributed by atoms with Crippen molar-refractivity contribution in [2.24, 2.45) is 5.41 Å². The quantitative estimate of drug-likeness (QED) is 0.618. The topological polar surface area (TPSA) is 65.8 Å². The van der Waals surface area contributed by atoms with Gasteiger partial charge >= 0.3 is 0 Å². The van der Waals surface area contributed by atoms with Gasteiger partial charge in [0, 0.05) is 22.0 Å². The molecule has 6 heteroatoms. The summed E-state index contributed by atoms with van der Waals surface area (Å²) >= 11 is 4.88. The summed E-state index contributed by atoms with van der Waals surface area (Å²) < 4.78 is 0.990. The first-order valence-corrected chi connectivity index (χ1v) is 10.2. The van der Waals surface area contributed by atoms with Crippen LogP contribution in [-0.4, -0.2) is 10.9 Å². The van der Waals surface area contributed by atoms with E-state index in [1.807, 2.05) is 54.8 Å². The highest BCUT2D eigenvalue weighted by molar-refractivity contribution is 9.10. The molecule has 0 radical (unpaired) electrons. The van der Waals surface area contributed by atoms with Crippen molar-refractivity contribution in [1.29, 1.82) is 5.26 Å². The fourth-order valence-electron chi connectivity index (χ4n) is 3.87. The van der Waals surface area contributed by atoms with Gasteiger partial charge in [-0.2, -0.15) is 5.26 Å². The Kier molecular flexibility index (Phi) is 4.58. The molecule has 1 aliphatic rings. The third kappa shape index (κ3) is 3.18. The summed E-state index contributed by atoms with van der Waals surface area (Å²) in [5.41, 5.74) is 3.16. The number of hydrogen-bond acceptors (Lipinski definition) is 4. The number of hydrogen-bond donors (Lipinski definition) is 1.